The second-order valence-corrected chi connectivity index (χ2v) is 7.34. The minimum atomic E-state index is 0.670. The molecule has 126 valence electrons. The maximum atomic E-state index is 5.44. The zero-order chi connectivity index (χ0) is 15.6. The van der Waals surface area contributed by atoms with Crippen LogP contribution in [0.4, 0.5) is 5.69 Å². The van der Waals surface area contributed by atoms with E-state index in [2.05, 4.69) is 45.9 Å². The fraction of sp³-hybridized carbons (Fsp3) is 0.684. The quantitative estimate of drug-likeness (QED) is 0.851. The van der Waals surface area contributed by atoms with Crippen LogP contribution < -0.4 is 4.90 Å². The van der Waals surface area contributed by atoms with E-state index in [1.165, 1.54) is 43.7 Å². The first-order chi connectivity index (χ1) is 11.3. The van der Waals surface area contributed by atoms with Crippen LogP contribution in [0.3, 0.4) is 0 Å². The smallest absolute Gasteiger partial charge is 0.0642 e. The second kappa shape index (κ2) is 6.80. The number of hydrogen-bond acceptors (Lipinski definition) is 4. The molecule has 23 heavy (non-hydrogen) atoms. The third-order valence-electron chi connectivity index (χ3n) is 5.76. The van der Waals surface area contributed by atoms with E-state index in [9.17, 15) is 0 Å². The predicted molar refractivity (Wildman–Crippen MR) is 93.9 cm³/mol. The Balaban J connectivity index is 1.38. The van der Waals surface area contributed by atoms with E-state index in [1.807, 2.05) is 0 Å². The number of nitrogens with zero attached hydrogens (tertiary/aromatic N) is 3. The van der Waals surface area contributed by atoms with E-state index in [0.29, 0.717) is 6.04 Å². The molecule has 4 nitrogen and oxygen atoms in total. The molecule has 0 amide bonds. The molecule has 1 aromatic rings. The summed E-state index contributed by atoms with van der Waals surface area (Å²) in [5.74, 6) is 0. The first-order valence-corrected chi connectivity index (χ1v) is 9.19. The third kappa shape index (κ3) is 3.39. The first kappa shape index (κ1) is 15.4. The molecule has 3 aliphatic heterocycles. The van der Waals surface area contributed by atoms with Crippen molar-refractivity contribution in [1.82, 2.24) is 9.80 Å². The lowest BCUT2D eigenvalue weighted by atomic mass is 10.1. The van der Waals surface area contributed by atoms with Crippen LogP contribution in [0.15, 0.2) is 24.3 Å². The van der Waals surface area contributed by atoms with Gasteiger partial charge in [-0.25, -0.2) is 0 Å². The van der Waals surface area contributed by atoms with Crippen molar-refractivity contribution in [2.24, 2.45) is 0 Å². The Hall–Kier alpha value is -1.10. The van der Waals surface area contributed by atoms with E-state index in [0.717, 1.165) is 38.9 Å². The zero-order valence-electron chi connectivity index (χ0n) is 14.3. The summed E-state index contributed by atoms with van der Waals surface area (Å²) in [6.45, 7) is 11.0. The van der Waals surface area contributed by atoms with Gasteiger partial charge < -0.3 is 9.64 Å². The van der Waals surface area contributed by atoms with Gasteiger partial charge in [0.25, 0.3) is 0 Å². The normalized spacial score (nSPS) is 29.7. The highest BCUT2D eigenvalue weighted by Gasteiger charge is 2.34. The van der Waals surface area contributed by atoms with Gasteiger partial charge in [0, 0.05) is 50.5 Å². The molecule has 1 unspecified atom stereocenters. The summed E-state index contributed by atoms with van der Waals surface area (Å²) >= 11 is 0. The van der Waals surface area contributed by atoms with Gasteiger partial charge in [0.05, 0.1) is 13.2 Å². The van der Waals surface area contributed by atoms with Gasteiger partial charge in [0.1, 0.15) is 0 Å². The van der Waals surface area contributed by atoms with Crippen LogP contribution in [0, 0.1) is 0 Å². The van der Waals surface area contributed by atoms with Gasteiger partial charge in [-0.1, -0.05) is 12.1 Å². The number of ether oxygens (including phenoxy) is 1. The summed E-state index contributed by atoms with van der Waals surface area (Å²) in [6.07, 6.45) is 2.78. The van der Waals surface area contributed by atoms with Crippen molar-refractivity contribution in [3.05, 3.63) is 29.8 Å². The van der Waals surface area contributed by atoms with Crippen molar-refractivity contribution < 1.29 is 4.74 Å². The minimum Gasteiger partial charge on any atom is -0.378 e. The van der Waals surface area contributed by atoms with E-state index >= 15 is 0 Å². The highest BCUT2D eigenvalue weighted by Crippen LogP contribution is 2.26. The Morgan fingerprint density at radius 2 is 1.83 bits per heavy atom. The number of benzene rings is 1. The molecule has 3 aliphatic rings. The predicted octanol–water partition coefficient (Wildman–Crippen LogP) is 2.19. The number of rotatable bonds is 3. The molecule has 3 fully saturated rings. The highest BCUT2D eigenvalue weighted by atomic mass is 16.5. The average molecular weight is 315 g/mol. The summed E-state index contributed by atoms with van der Waals surface area (Å²) in [4.78, 5) is 7.80. The Labute approximate surface area is 140 Å². The van der Waals surface area contributed by atoms with E-state index in [4.69, 9.17) is 4.74 Å². The molecule has 0 bridgehead atoms. The minimum absolute atomic E-state index is 0.670. The monoisotopic (exact) mass is 315 g/mol. The molecular formula is C19H29N3O. The van der Waals surface area contributed by atoms with Gasteiger partial charge >= 0.3 is 0 Å². The average Bonchev–Trinajstić information content (AvgIpc) is 3.04. The SMILES string of the molecule is C[C@@H]1CN2CCCC2CN1Cc1ccc(N2CCOCC2)cc1. The molecule has 0 saturated carbocycles. The molecule has 4 rings (SSSR count). The fourth-order valence-electron chi connectivity index (χ4n) is 4.34. The summed E-state index contributed by atoms with van der Waals surface area (Å²) in [7, 11) is 0. The van der Waals surface area contributed by atoms with Gasteiger partial charge in [0.2, 0.25) is 0 Å². The van der Waals surface area contributed by atoms with Crippen LogP contribution in [-0.4, -0.2) is 67.8 Å². The number of piperazine rings is 1. The summed E-state index contributed by atoms with van der Waals surface area (Å²) in [6, 6.07) is 10.7. The van der Waals surface area contributed by atoms with Crippen LogP contribution in [0.25, 0.3) is 0 Å². The first-order valence-electron chi connectivity index (χ1n) is 9.19. The van der Waals surface area contributed by atoms with Crippen molar-refractivity contribution in [2.45, 2.75) is 38.4 Å². The van der Waals surface area contributed by atoms with Crippen molar-refractivity contribution >= 4 is 5.69 Å². The summed E-state index contributed by atoms with van der Waals surface area (Å²) in [5.41, 5.74) is 2.78. The van der Waals surface area contributed by atoms with Crippen molar-refractivity contribution in [3.8, 4) is 0 Å². The molecular weight excluding hydrogens is 286 g/mol. The van der Waals surface area contributed by atoms with Crippen LogP contribution in [-0.2, 0) is 11.3 Å². The summed E-state index contributed by atoms with van der Waals surface area (Å²) in [5, 5.41) is 0. The Morgan fingerprint density at radius 1 is 1.04 bits per heavy atom. The molecule has 2 atom stereocenters. The molecule has 1 aromatic carbocycles. The van der Waals surface area contributed by atoms with Crippen LogP contribution in [0.2, 0.25) is 0 Å². The van der Waals surface area contributed by atoms with Crippen LogP contribution >= 0.6 is 0 Å². The second-order valence-electron chi connectivity index (χ2n) is 7.34. The van der Waals surface area contributed by atoms with E-state index in [1.54, 1.807) is 0 Å². The van der Waals surface area contributed by atoms with Crippen molar-refractivity contribution in [2.75, 3.05) is 50.8 Å². The molecule has 0 aromatic heterocycles. The Morgan fingerprint density at radius 3 is 2.61 bits per heavy atom. The van der Waals surface area contributed by atoms with Crippen LogP contribution in [0.1, 0.15) is 25.3 Å². The topological polar surface area (TPSA) is 19.0 Å². The number of fused-ring (bicyclic) bond motifs is 1. The molecule has 3 heterocycles. The van der Waals surface area contributed by atoms with Gasteiger partial charge in [-0.2, -0.15) is 0 Å². The molecule has 0 spiro atoms. The molecule has 0 radical (unpaired) electrons. The van der Waals surface area contributed by atoms with Crippen molar-refractivity contribution in [1.29, 1.82) is 0 Å². The van der Waals surface area contributed by atoms with Gasteiger partial charge in [-0.15, -0.1) is 0 Å². The lowest BCUT2D eigenvalue weighted by molar-refractivity contribution is 0.0540. The fourth-order valence-corrected chi connectivity index (χ4v) is 4.34. The summed E-state index contributed by atoms with van der Waals surface area (Å²) < 4.78 is 5.44. The maximum Gasteiger partial charge on any atom is 0.0642 e. The van der Waals surface area contributed by atoms with Crippen LogP contribution in [0.5, 0.6) is 0 Å². The van der Waals surface area contributed by atoms with Gasteiger partial charge in [-0.3, -0.25) is 9.80 Å². The molecule has 0 N–H and O–H groups in total. The molecule has 3 saturated heterocycles. The third-order valence-corrected chi connectivity index (χ3v) is 5.76. The molecule has 0 aliphatic carbocycles. The van der Waals surface area contributed by atoms with E-state index in [-0.39, 0.29) is 0 Å². The highest BCUT2D eigenvalue weighted by molar-refractivity contribution is 5.47. The zero-order valence-corrected chi connectivity index (χ0v) is 14.3. The molecule has 4 heteroatoms. The number of hydrogen-bond donors (Lipinski definition) is 0. The van der Waals surface area contributed by atoms with E-state index < -0.39 is 0 Å². The lowest BCUT2D eigenvalue weighted by Gasteiger charge is -2.42. The lowest BCUT2D eigenvalue weighted by Crippen LogP contribution is -2.54. The standard InChI is InChI=1S/C19H29N3O/c1-16-13-21-8-2-3-19(21)15-22(16)14-17-4-6-18(7-5-17)20-9-11-23-12-10-20/h4-7,16,19H,2-3,8-15H2,1H3/t16-,19?/m1/s1. The van der Waals surface area contributed by atoms with Gasteiger partial charge in [-0.05, 0) is 44.0 Å². The Bertz CT molecular complexity index is 512. The number of morpholine rings is 1. The van der Waals surface area contributed by atoms with Gasteiger partial charge in [0.15, 0.2) is 0 Å². The number of anilines is 1. The largest absolute Gasteiger partial charge is 0.378 e. The Kier molecular flexibility index (Phi) is 4.56. The van der Waals surface area contributed by atoms with Crippen molar-refractivity contribution in [3.63, 3.8) is 0 Å². The maximum absolute atomic E-state index is 5.44.